The minimum atomic E-state index is -0.702. The number of carbonyl (C=O) groups excluding carboxylic acids is 1. The Morgan fingerprint density at radius 2 is 2.17 bits per heavy atom. The maximum absolute atomic E-state index is 12.4. The lowest BCUT2D eigenvalue weighted by Crippen LogP contribution is -2.36. The third-order valence-electron chi connectivity index (χ3n) is 3.11. The molecule has 0 saturated heterocycles. The van der Waals surface area contributed by atoms with Crippen molar-refractivity contribution in [2.45, 2.75) is 24.8 Å². The molecular formula is C15H16N2O. The molecule has 0 aromatic heterocycles. The van der Waals surface area contributed by atoms with Crippen LogP contribution in [-0.4, -0.2) is 23.4 Å². The van der Waals surface area contributed by atoms with Crippen molar-refractivity contribution in [2.75, 3.05) is 6.54 Å². The topological polar surface area (TPSA) is 44.1 Å². The van der Waals surface area contributed by atoms with E-state index in [2.05, 4.69) is 12.6 Å². The van der Waals surface area contributed by atoms with Crippen molar-refractivity contribution in [3.05, 3.63) is 48.6 Å². The van der Waals surface area contributed by atoms with E-state index in [0.717, 1.165) is 18.4 Å². The van der Waals surface area contributed by atoms with Gasteiger partial charge in [-0.05, 0) is 18.4 Å². The molecule has 1 aromatic rings. The molecule has 0 bridgehead atoms. The van der Waals surface area contributed by atoms with Crippen LogP contribution in [0.25, 0.3) is 0 Å². The van der Waals surface area contributed by atoms with Crippen LogP contribution in [0.1, 0.15) is 24.3 Å². The van der Waals surface area contributed by atoms with Crippen LogP contribution in [-0.2, 0) is 4.79 Å². The first-order valence-electron chi connectivity index (χ1n) is 6.14. The third-order valence-corrected chi connectivity index (χ3v) is 3.11. The van der Waals surface area contributed by atoms with Gasteiger partial charge in [-0.1, -0.05) is 36.4 Å². The summed E-state index contributed by atoms with van der Waals surface area (Å²) in [6.45, 7) is 4.20. The van der Waals surface area contributed by atoms with Crippen LogP contribution in [0, 0.1) is 11.3 Å². The van der Waals surface area contributed by atoms with E-state index in [9.17, 15) is 10.1 Å². The maximum Gasteiger partial charge on any atom is 0.244 e. The van der Waals surface area contributed by atoms with Crippen LogP contribution in [0.15, 0.2) is 43.0 Å². The Morgan fingerprint density at radius 3 is 2.67 bits per heavy atom. The highest BCUT2D eigenvalue weighted by Gasteiger charge is 2.35. The van der Waals surface area contributed by atoms with E-state index in [1.54, 1.807) is 11.0 Å². The van der Waals surface area contributed by atoms with Gasteiger partial charge in [0.2, 0.25) is 5.91 Å². The predicted molar refractivity (Wildman–Crippen MR) is 69.7 cm³/mol. The largest absolute Gasteiger partial charge is 0.335 e. The summed E-state index contributed by atoms with van der Waals surface area (Å²) in [5.41, 5.74) is 0.764. The second-order valence-electron chi connectivity index (χ2n) is 4.48. The summed E-state index contributed by atoms with van der Waals surface area (Å²) in [5, 5.41) is 9.25. The summed E-state index contributed by atoms with van der Waals surface area (Å²) in [7, 11) is 0. The zero-order valence-electron chi connectivity index (χ0n) is 10.2. The maximum atomic E-state index is 12.4. The van der Waals surface area contributed by atoms with E-state index in [0.29, 0.717) is 12.6 Å². The van der Waals surface area contributed by atoms with Crippen LogP contribution in [0.4, 0.5) is 0 Å². The zero-order valence-corrected chi connectivity index (χ0v) is 10.2. The van der Waals surface area contributed by atoms with Gasteiger partial charge in [0.1, 0.15) is 5.92 Å². The van der Waals surface area contributed by atoms with Crippen molar-refractivity contribution in [3.63, 3.8) is 0 Å². The van der Waals surface area contributed by atoms with Gasteiger partial charge in [-0.2, -0.15) is 5.26 Å². The van der Waals surface area contributed by atoms with E-state index < -0.39 is 5.92 Å². The highest BCUT2D eigenvalue weighted by Crippen LogP contribution is 2.30. The van der Waals surface area contributed by atoms with E-state index in [1.165, 1.54) is 0 Å². The van der Waals surface area contributed by atoms with Gasteiger partial charge < -0.3 is 4.90 Å². The quantitative estimate of drug-likeness (QED) is 0.742. The number of amides is 1. The Labute approximate surface area is 107 Å². The molecule has 18 heavy (non-hydrogen) atoms. The zero-order chi connectivity index (χ0) is 13.0. The second kappa shape index (κ2) is 5.50. The van der Waals surface area contributed by atoms with E-state index >= 15 is 0 Å². The Kier molecular flexibility index (Phi) is 3.78. The lowest BCUT2D eigenvalue weighted by atomic mass is 9.99. The molecule has 3 heteroatoms. The lowest BCUT2D eigenvalue weighted by Gasteiger charge is -2.23. The summed E-state index contributed by atoms with van der Waals surface area (Å²) in [6.07, 6.45) is 3.79. The first-order chi connectivity index (χ1) is 8.77. The summed E-state index contributed by atoms with van der Waals surface area (Å²) in [6, 6.07) is 11.6. The Morgan fingerprint density at radius 1 is 1.50 bits per heavy atom. The summed E-state index contributed by atoms with van der Waals surface area (Å²) in [4.78, 5) is 14.2. The highest BCUT2D eigenvalue weighted by molar-refractivity contribution is 5.87. The molecule has 1 atom stereocenters. The van der Waals surface area contributed by atoms with Crippen LogP contribution in [0.3, 0.4) is 0 Å². The number of rotatable bonds is 5. The molecule has 1 aliphatic carbocycles. The average Bonchev–Trinajstić information content (AvgIpc) is 3.22. The van der Waals surface area contributed by atoms with Crippen molar-refractivity contribution in [1.29, 1.82) is 5.26 Å². The van der Waals surface area contributed by atoms with Crippen molar-refractivity contribution in [2.24, 2.45) is 0 Å². The molecular weight excluding hydrogens is 224 g/mol. The van der Waals surface area contributed by atoms with Gasteiger partial charge in [0.15, 0.2) is 0 Å². The molecule has 0 heterocycles. The fourth-order valence-corrected chi connectivity index (χ4v) is 2.03. The normalized spacial score (nSPS) is 15.5. The molecule has 92 valence electrons. The molecule has 1 amide bonds. The lowest BCUT2D eigenvalue weighted by molar-refractivity contribution is -0.131. The molecule has 1 unspecified atom stereocenters. The number of benzene rings is 1. The summed E-state index contributed by atoms with van der Waals surface area (Å²) in [5.74, 6) is -0.808. The second-order valence-corrected chi connectivity index (χ2v) is 4.48. The average molecular weight is 240 g/mol. The van der Waals surface area contributed by atoms with Gasteiger partial charge in [0.05, 0.1) is 6.07 Å². The number of carbonyl (C=O) groups is 1. The van der Waals surface area contributed by atoms with Crippen molar-refractivity contribution in [1.82, 2.24) is 4.90 Å². The fourth-order valence-electron chi connectivity index (χ4n) is 2.03. The minimum Gasteiger partial charge on any atom is -0.335 e. The highest BCUT2D eigenvalue weighted by atomic mass is 16.2. The molecule has 0 radical (unpaired) electrons. The Bertz CT molecular complexity index is 471. The van der Waals surface area contributed by atoms with Gasteiger partial charge in [-0.3, -0.25) is 4.79 Å². The number of hydrogen-bond donors (Lipinski definition) is 0. The SMILES string of the molecule is C=CCN(C(=O)C(C#N)c1ccccc1)C1CC1. The predicted octanol–water partition coefficient (Wildman–Crippen LogP) is 2.47. The van der Waals surface area contributed by atoms with Gasteiger partial charge in [0.25, 0.3) is 0 Å². The number of nitriles is 1. The van der Waals surface area contributed by atoms with Gasteiger partial charge >= 0.3 is 0 Å². The molecule has 1 aromatic carbocycles. The van der Waals surface area contributed by atoms with Crippen LogP contribution in [0.2, 0.25) is 0 Å². The van der Waals surface area contributed by atoms with Crippen molar-refractivity contribution in [3.8, 4) is 6.07 Å². The summed E-state index contributed by atoms with van der Waals surface area (Å²) >= 11 is 0. The molecule has 0 aliphatic heterocycles. The van der Waals surface area contributed by atoms with E-state index in [4.69, 9.17) is 0 Å². The van der Waals surface area contributed by atoms with Gasteiger partial charge in [-0.25, -0.2) is 0 Å². The van der Waals surface area contributed by atoms with Gasteiger partial charge in [0, 0.05) is 12.6 Å². The Balaban J connectivity index is 2.19. The van der Waals surface area contributed by atoms with Crippen molar-refractivity contribution < 1.29 is 4.79 Å². The third kappa shape index (κ3) is 2.60. The summed E-state index contributed by atoms with van der Waals surface area (Å²) < 4.78 is 0. The molecule has 1 saturated carbocycles. The smallest absolute Gasteiger partial charge is 0.244 e. The molecule has 0 spiro atoms. The molecule has 0 N–H and O–H groups in total. The van der Waals surface area contributed by atoms with Crippen LogP contribution < -0.4 is 0 Å². The molecule has 2 rings (SSSR count). The Hall–Kier alpha value is -2.08. The molecule has 1 fully saturated rings. The van der Waals surface area contributed by atoms with E-state index in [-0.39, 0.29) is 5.91 Å². The minimum absolute atomic E-state index is 0.105. The standard InChI is InChI=1S/C15H16N2O/c1-2-10-17(13-8-9-13)15(18)14(11-16)12-6-4-3-5-7-12/h2-7,13-14H,1,8-10H2. The number of hydrogen-bond acceptors (Lipinski definition) is 2. The van der Waals surface area contributed by atoms with E-state index in [1.807, 2.05) is 30.3 Å². The molecule has 3 nitrogen and oxygen atoms in total. The monoisotopic (exact) mass is 240 g/mol. The number of nitrogens with zero attached hydrogens (tertiary/aromatic N) is 2. The fraction of sp³-hybridized carbons (Fsp3) is 0.333. The van der Waals surface area contributed by atoms with Gasteiger partial charge in [-0.15, -0.1) is 6.58 Å². The van der Waals surface area contributed by atoms with Crippen molar-refractivity contribution >= 4 is 5.91 Å². The van der Waals surface area contributed by atoms with Crippen LogP contribution >= 0.6 is 0 Å². The first kappa shape index (κ1) is 12.4. The molecule has 1 aliphatic rings. The first-order valence-corrected chi connectivity index (χ1v) is 6.14. The van der Waals surface area contributed by atoms with Crippen LogP contribution in [0.5, 0.6) is 0 Å².